The Kier molecular flexibility index (Phi) is 6.34. The minimum Gasteiger partial charge on any atom is -0.341 e. The molecule has 10 heteroatoms. The normalized spacial score (nSPS) is 20.6. The van der Waals surface area contributed by atoms with Gasteiger partial charge < -0.3 is 15.2 Å². The van der Waals surface area contributed by atoms with E-state index >= 15 is 0 Å². The lowest BCUT2D eigenvalue weighted by Gasteiger charge is -2.31. The highest BCUT2D eigenvalue weighted by atomic mass is 16.2. The van der Waals surface area contributed by atoms with E-state index in [0.717, 1.165) is 61.7 Å². The Hall–Kier alpha value is -2.72. The maximum absolute atomic E-state index is 13.3. The van der Waals surface area contributed by atoms with Crippen molar-refractivity contribution in [3.05, 3.63) is 32.5 Å². The predicted octanol–water partition coefficient (Wildman–Crippen LogP) is 0.584. The summed E-state index contributed by atoms with van der Waals surface area (Å²) in [5, 5.41) is 0. The lowest BCUT2D eigenvalue weighted by molar-refractivity contribution is -0.114. The van der Waals surface area contributed by atoms with Crippen LogP contribution in [0.1, 0.15) is 45.7 Å². The van der Waals surface area contributed by atoms with Crippen LogP contribution in [0.5, 0.6) is 0 Å². The molecule has 2 saturated heterocycles. The van der Waals surface area contributed by atoms with E-state index in [1.54, 1.807) is 0 Å². The number of carbonyl (C=O) groups excluding carboxylic acids is 1. The molecule has 2 aromatic rings. The molecule has 0 saturated carbocycles. The van der Waals surface area contributed by atoms with Crippen LogP contribution in [0, 0.1) is 0 Å². The molecule has 2 aromatic heterocycles. The minimum absolute atomic E-state index is 0.0258. The summed E-state index contributed by atoms with van der Waals surface area (Å²) in [7, 11) is 1.46. The molecule has 0 aromatic carbocycles. The number of aldehydes is 1. The summed E-state index contributed by atoms with van der Waals surface area (Å²) in [6.07, 6.45) is 5.84. The van der Waals surface area contributed by atoms with E-state index in [1.807, 2.05) is 29.4 Å². The molecule has 0 aliphatic carbocycles. The van der Waals surface area contributed by atoms with Crippen LogP contribution in [-0.4, -0.2) is 62.1 Å². The fourth-order valence-corrected chi connectivity index (χ4v) is 4.74. The summed E-state index contributed by atoms with van der Waals surface area (Å²) in [5.74, 6) is 0.621. The number of nitrogens with two attached hydrogens (primary N) is 1. The maximum atomic E-state index is 13.3. The summed E-state index contributed by atoms with van der Waals surface area (Å²) in [6.45, 7) is 7.31. The van der Waals surface area contributed by atoms with Crippen molar-refractivity contribution in [3.63, 3.8) is 0 Å². The Bertz CT molecular complexity index is 1150. The van der Waals surface area contributed by atoms with Crippen LogP contribution in [0.25, 0.3) is 11.2 Å². The van der Waals surface area contributed by atoms with E-state index < -0.39 is 17.4 Å². The van der Waals surface area contributed by atoms with Gasteiger partial charge in [0, 0.05) is 45.8 Å². The monoisotopic (exact) mass is 443 g/mol. The van der Waals surface area contributed by atoms with Gasteiger partial charge in [0.05, 0.1) is 0 Å². The van der Waals surface area contributed by atoms with Gasteiger partial charge in [0.1, 0.15) is 6.17 Å². The van der Waals surface area contributed by atoms with Crippen molar-refractivity contribution in [2.45, 2.75) is 58.3 Å². The first-order valence-electron chi connectivity index (χ1n) is 11.4. The minimum atomic E-state index is -0.789. The Labute approximate surface area is 186 Å². The van der Waals surface area contributed by atoms with Crippen molar-refractivity contribution < 1.29 is 4.79 Å². The average molecular weight is 444 g/mol. The fraction of sp³-hybridized carbons (Fsp3) is 0.636. The number of piperidine rings is 1. The third-order valence-electron chi connectivity index (χ3n) is 6.48. The van der Waals surface area contributed by atoms with Gasteiger partial charge in [-0.3, -0.25) is 23.6 Å². The molecule has 0 spiro atoms. The molecular weight excluding hydrogens is 410 g/mol. The summed E-state index contributed by atoms with van der Waals surface area (Å²) in [4.78, 5) is 47.6. The molecule has 10 nitrogen and oxygen atoms in total. The molecule has 0 amide bonds. The quantitative estimate of drug-likeness (QED) is 0.514. The van der Waals surface area contributed by atoms with Crippen molar-refractivity contribution in [3.8, 4) is 0 Å². The van der Waals surface area contributed by atoms with Gasteiger partial charge in [0.25, 0.3) is 5.56 Å². The molecule has 4 rings (SSSR count). The number of hydrogen-bond donors (Lipinski definition) is 1. The number of allylic oxidation sites excluding steroid dienone is 2. The third kappa shape index (κ3) is 3.93. The second-order valence-electron chi connectivity index (χ2n) is 9.13. The van der Waals surface area contributed by atoms with Gasteiger partial charge in [-0.25, -0.2) is 4.79 Å². The molecule has 2 aliphatic rings. The number of hydrogen-bond acceptors (Lipinski definition) is 7. The largest absolute Gasteiger partial charge is 0.341 e. The van der Waals surface area contributed by atoms with Crippen LogP contribution < -0.4 is 21.9 Å². The van der Waals surface area contributed by atoms with E-state index in [1.165, 1.54) is 11.6 Å². The predicted molar refractivity (Wildman–Crippen MR) is 124 cm³/mol. The first-order chi connectivity index (χ1) is 15.3. The van der Waals surface area contributed by atoms with Crippen LogP contribution in [0.3, 0.4) is 0 Å². The van der Waals surface area contributed by atoms with Crippen molar-refractivity contribution in [2.75, 3.05) is 31.1 Å². The zero-order valence-corrected chi connectivity index (χ0v) is 19.2. The molecule has 0 radical (unpaired) electrons. The number of imidazole rings is 1. The first-order valence-corrected chi connectivity index (χ1v) is 11.4. The molecule has 2 atom stereocenters. The van der Waals surface area contributed by atoms with E-state index in [0.29, 0.717) is 24.6 Å². The van der Waals surface area contributed by atoms with Gasteiger partial charge in [-0.2, -0.15) is 4.98 Å². The summed E-state index contributed by atoms with van der Waals surface area (Å²) >= 11 is 0. The molecule has 174 valence electrons. The zero-order valence-electron chi connectivity index (χ0n) is 19.2. The molecule has 4 heterocycles. The SMILES string of the molecule is CC(C)=CCn1c(N2CCCC(N)C2)nc2c1c(=O)n(C)c(=O)n2C(C=O)N1CCCC1. The van der Waals surface area contributed by atoms with Crippen LogP contribution in [-0.2, 0) is 18.4 Å². The second-order valence-corrected chi connectivity index (χ2v) is 9.13. The second kappa shape index (κ2) is 9.03. The lowest BCUT2D eigenvalue weighted by atomic mass is 10.1. The third-order valence-corrected chi connectivity index (χ3v) is 6.48. The fourth-order valence-electron chi connectivity index (χ4n) is 4.74. The molecule has 0 bridgehead atoms. The van der Waals surface area contributed by atoms with Crippen LogP contribution in [0.15, 0.2) is 21.2 Å². The van der Waals surface area contributed by atoms with Crippen molar-refractivity contribution in [2.24, 2.45) is 12.8 Å². The number of nitrogens with zero attached hydrogens (tertiary/aromatic N) is 6. The number of rotatable bonds is 6. The highest BCUT2D eigenvalue weighted by Crippen LogP contribution is 2.26. The number of aromatic nitrogens is 4. The van der Waals surface area contributed by atoms with Gasteiger partial charge in [0.15, 0.2) is 17.5 Å². The Morgan fingerprint density at radius 2 is 1.91 bits per heavy atom. The maximum Gasteiger partial charge on any atom is 0.334 e. The highest BCUT2D eigenvalue weighted by Gasteiger charge is 2.31. The van der Waals surface area contributed by atoms with Crippen molar-refractivity contribution in [1.29, 1.82) is 0 Å². The Balaban J connectivity index is 2.00. The molecule has 2 aliphatic heterocycles. The van der Waals surface area contributed by atoms with Gasteiger partial charge in [-0.1, -0.05) is 11.6 Å². The molecule has 2 fully saturated rings. The van der Waals surface area contributed by atoms with Crippen molar-refractivity contribution >= 4 is 23.4 Å². The standard InChI is InChI=1S/C22H33N7O3/c1-15(2)8-12-28-18-19(24-21(28)27-11-6-7-16(23)13-27)29(22(32)25(3)20(18)31)17(14-30)26-9-4-5-10-26/h8,14,16-17H,4-7,9-13,23H2,1-3H3. The summed E-state index contributed by atoms with van der Waals surface area (Å²) in [5.41, 5.74) is 7.00. The Morgan fingerprint density at radius 3 is 2.53 bits per heavy atom. The van der Waals surface area contributed by atoms with Crippen LogP contribution in [0.4, 0.5) is 5.95 Å². The number of anilines is 1. The van der Waals surface area contributed by atoms with Gasteiger partial charge in [-0.15, -0.1) is 0 Å². The van der Waals surface area contributed by atoms with Crippen molar-refractivity contribution in [1.82, 2.24) is 23.6 Å². The first kappa shape index (κ1) is 22.5. The highest BCUT2D eigenvalue weighted by molar-refractivity contribution is 5.76. The van der Waals surface area contributed by atoms with E-state index in [9.17, 15) is 14.4 Å². The van der Waals surface area contributed by atoms with Gasteiger partial charge in [0.2, 0.25) is 5.95 Å². The number of likely N-dealkylation sites (tertiary alicyclic amines) is 1. The number of fused-ring (bicyclic) bond motifs is 1. The van der Waals surface area contributed by atoms with E-state index in [4.69, 9.17) is 10.7 Å². The van der Waals surface area contributed by atoms with E-state index in [2.05, 4.69) is 4.90 Å². The topological polar surface area (TPSA) is 111 Å². The smallest absolute Gasteiger partial charge is 0.334 e. The number of carbonyl (C=O) groups is 1. The zero-order chi connectivity index (χ0) is 23.0. The molecule has 2 unspecified atom stereocenters. The van der Waals surface area contributed by atoms with Gasteiger partial charge >= 0.3 is 5.69 Å². The van der Waals surface area contributed by atoms with Crippen LogP contribution in [0.2, 0.25) is 0 Å². The molecular formula is C22H33N7O3. The lowest BCUT2D eigenvalue weighted by Crippen LogP contribution is -2.45. The van der Waals surface area contributed by atoms with Crippen LogP contribution >= 0.6 is 0 Å². The average Bonchev–Trinajstić information content (AvgIpc) is 3.42. The molecule has 32 heavy (non-hydrogen) atoms. The summed E-state index contributed by atoms with van der Waals surface area (Å²) < 4.78 is 4.34. The van der Waals surface area contributed by atoms with E-state index in [-0.39, 0.29) is 11.7 Å². The summed E-state index contributed by atoms with van der Waals surface area (Å²) in [6, 6.07) is 0.0258. The van der Waals surface area contributed by atoms with Gasteiger partial charge in [-0.05, 0) is 39.5 Å². The molecule has 2 N–H and O–H groups in total. The Morgan fingerprint density at radius 1 is 1.19 bits per heavy atom.